The van der Waals surface area contributed by atoms with Crippen molar-refractivity contribution in [3.8, 4) is 17.0 Å². The molecule has 6 nitrogen and oxygen atoms in total. The van der Waals surface area contributed by atoms with Crippen LogP contribution in [-0.2, 0) is 0 Å². The van der Waals surface area contributed by atoms with Crippen LogP contribution in [0.4, 0.5) is 18.3 Å². The first-order valence-corrected chi connectivity index (χ1v) is 9.40. The third kappa shape index (κ3) is 3.86. The minimum Gasteiger partial charge on any atom is -0.406 e. The third-order valence-corrected chi connectivity index (χ3v) is 5.64. The predicted octanol–water partition coefficient (Wildman–Crippen LogP) is 3.53. The lowest BCUT2D eigenvalue weighted by Gasteiger charge is -2.30. The highest BCUT2D eigenvalue weighted by Gasteiger charge is 2.31. The molecule has 1 aliphatic rings. The van der Waals surface area contributed by atoms with E-state index in [1.54, 1.807) is 16.8 Å². The van der Waals surface area contributed by atoms with Gasteiger partial charge in [-0.1, -0.05) is 23.5 Å². The Morgan fingerprint density at radius 2 is 2.04 bits per heavy atom. The normalized spacial score (nSPS) is 16.2. The molecule has 0 spiro atoms. The van der Waals surface area contributed by atoms with E-state index in [0.717, 1.165) is 31.1 Å². The lowest BCUT2D eigenvalue weighted by atomic mass is 9.98. The average molecular weight is 397 g/mol. The Labute approximate surface area is 157 Å². The van der Waals surface area contributed by atoms with Crippen LogP contribution in [0.3, 0.4) is 0 Å². The molecule has 4 rings (SSSR count). The van der Waals surface area contributed by atoms with Gasteiger partial charge in [-0.2, -0.15) is 0 Å². The number of nitrogens with zero attached hydrogens (tertiary/aromatic N) is 4. The Kier molecular flexibility index (Phi) is 4.68. The van der Waals surface area contributed by atoms with Crippen LogP contribution >= 0.6 is 11.3 Å². The fraction of sp³-hybridized carbons (Fsp3) is 0.412. The first kappa shape index (κ1) is 18.1. The van der Waals surface area contributed by atoms with Crippen LogP contribution in [-0.4, -0.2) is 40.6 Å². The number of imidazole rings is 1. The van der Waals surface area contributed by atoms with Gasteiger partial charge in [-0.15, -0.1) is 18.3 Å². The van der Waals surface area contributed by atoms with E-state index < -0.39 is 6.36 Å². The Balaban J connectivity index is 1.60. The van der Waals surface area contributed by atoms with Gasteiger partial charge in [0.2, 0.25) is 10.1 Å². The van der Waals surface area contributed by atoms with Gasteiger partial charge in [0.25, 0.3) is 0 Å². The molecule has 2 N–H and O–H groups in total. The Bertz CT molecular complexity index is 930. The third-order valence-electron chi connectivity index (χ3n) is 4.66. The summed E-state index contributed by atoms with van der Waals surface area (Å²) in [6, 6.07) is 5.82. The van der Waals surface area contributed by atoms with Gasteiger partial charge < -0.3 is 15.4 Å². The van der Waals surface area contributed by atoms with E-state index >= 15 is 0 Å². The summed E-state index contributed by atoms with van der Waals surface area (Å²) in [5.41, 5.74) is 6.92. The van der Waals surface area contributed by atoms with Crippen LogP contribution in [0.2, 0.25) is 0 Å². The van der Waals surface area contributed by atoms with Gasteiger partial charge in [-0.05, 0) is 37.4 Å². The minimum absolute atomic E-state index is 0.269. The van der Waals surface area contributed by atoms with Gasteiger partial charge >= 0.3 is 6.36 Å². The smallest absolute Gasteiger partial charge is 0.406 e. The summed E-state index contributed by atoms with van der Waals surface area (Å²) in [6.07, 6.45) is -1.06. The Morgan fingerprint density at radius 3 is 2.74 bits per heavy atom. The van der Waals surface area contributed by atoms with Crippen molar-refractivity contribution < 1.29 is 17.9 Å². The first-order valence-electron chi connectivity index (χ1n) is 8.59. The number of aromatic nitrogens is 3. The molecular formula is C17H18F3N5OS. The molecule has 144 valence electrons. The van der Waals surface area contributed by atoms with Gasteiger partial charge in [0.05, 0.1) is 11.9 Å². The molecule has 1 saturated heterocycles. The van der Waals surface area contributed by atoms with Gasteiger partial charge in [0.1, 0.15) is 5.75 Å². The second-order valence-corrected chi connectivity index (χ2v) is 7.40. The summed E-state index contributed by atoms with van der Waals surface area (Å²) in [6.45, 7) is 2.49. The summed E-state index contributed by atoms with van der Waals surface area (Å²) in [5.74, 6) is 0.284. The van der Waals surface area contributed by atoms with E-state index in [2.05, 4.69) is 19.7 Å². The van der Waals surface area contributed by atoms with Crippen molar-refractivity contribution >= 4 is 21.4 Å². The van der Waals surface area contributed by atoms with Gasteiger partial charge in [-0.25, -0.2) is 9.50 Å². The number of anilines is 1. The maximum atomic E-state index is 12.5. The molecule has 0 atom stereocenters. The van der Waals surface area contributed by atoms with Crippen LogP contribution in [0.1, 0.15) is 12.8 Å². The van der Waals surface area contributed by atoms with E-state index in [4.69, 9.17) is 5.73 Å². The molecule has 0 saturated carbocycles. The average Bonchev–Trinajstić information content (AvgIpc) is 3.21. The number of hydrogen-bond donors (Lipinski definition) is 1. The molecule has 0 aliphatic carbocycles. The first-order chi connectivity index (χ1) is 12.9. The van der Waals surface area contributed by atoms with E-state index in [-0.39, 0.29) is 5.75 Å². The lowest BCUT2D eigenvalue weighted by Crippen LogP contribution is -2.36. The standard InChI is InChI=1S/C17H18F3N5OS/c18-17(19,20)26-13-3-1-2-12(8-13)14-10-22-15-25(14)23-16(27-15)24-6-4-11(9-21)5-7-24/h1-3,8,10-11H,4-7,9,21H2. The summed E-state index contributed by atoms with van der Waals surface area (Å²) in [4.78, 5) is 7.26. The van der Waals surface area contributed by atoms with Gasteiger partial charge in [0.15, 0.2) is 0 Å². The molecule has 27 heavy (non-hydrogen) atoms. The fourth-order valence-electron chi connectivity index (χ4n) is 3.22. The molecule has 1 aliphatic heterocycles. The van der Waals surface area contributed by atoms with Crippen molar-refractivity contribution in [3.63, 3.8) is 0 Å². The van der Waals surface area contributed by atoms with E-state index in [1.807, 2.05) is 0 Å². The zero-order valence-corrected chi connectivity index (χ0v) is 15.1. The number of benzene rings is 1. The number of halogens is 3. The van der Waals surface area contributed by atoms with Crippen molar-refractivity contribution in [2.24, 2.45) is 11.7 Å². The number of nitrogens with two attached hydrogens (primary N) is 1. The molecule has 0 radical (unpaired) electrons. The Morgan fingerprint density at radius 1 is 1.26 bits per heavy atom. The van der Waals surface area contributed by atoms with E-state index in [1.165, 1.54) is 29.5 Å². The molecule has 0 amide bonds. The van der Waals surface area contributed by atoms with Crippen LogP contribution in [0.15, 0.2) is 30.5 Å². The number of hydrogen-bond acceptors (Lipinski definition) is 6. The minimum atomic E-state index is -4.73. The highest BCUT2D eigenvalue weighted by molar-refractivity contribution is 7.20. The second-order valence-electron chi connectivity index (χ2n) is 6.46. The van der Waals surface area contributed by atoms with E-state index in [0.29, 0.717) is 28.7 Å². The molecule has 1 fully saturated rings. The van der Waals surface area contributed by atoms with Gasteiger partial charge in [0, 0.05) is 18.7 Å². The summed E-state index contributed by atoms with van der Waals surface area (Å²) in [7, 11) is 0. The second kappa shape index (κ2) is 7.01. The Hall–Kier alpha value is -2.33. The van der Waals surface area contributed by atoms with Crippen molar-refractivity contribution in [2.45, 2.75) is 19.2 Å². The molecule has 0 unspecified atom stereocenters. The van der Waals surface area contributed by atoms with Crippen molar-refractivity contribution in [1.82, 2.24) is 14.6 Å². The molecule has 10 heteroatoms. The largest absolute Gasteiger partial charge is 0.573 e. The maximum Gasteiger partial charge on any atom is 0.573 e. The molecule has 3 heterocycles. The highest BCUT2D eigenvalue weighted by atomic mass is 32.1. The number of piperidine rings is 1. The quantitative estimate of drug-likeness (QED) is 0.729. The summed E-state index contributed by atoms with van der Waals surface area (Å²) >= 11 is 1.47. The lowest BCUT2D eigenvalue weighted by molar-refractivity contribution is -0.274. The molecule has 1 aromatic carbocycles. The summed E-state index contributed by atoms with van der Waals surface area (Å²) < 4.78 is 43.1. The highest BCUT2D eigenvalue weighted by Crippen LogP contribution is 2.32. The number of alkyl halides is 3. The fourth-order valence-corrected chi connectivity index (χ4v) is 4.15. The number of rotatable bonds is 4. The zero-order valence-electron chi connectivity index (χ0n) is 14.3. The van der Waals surface area contributed by atoms with Crippen molar-refractivity contribution in [1.29, 1.82) is 0 Å². The van der Waals surface area contributed by atoms with Crippen molar-refractivity contribution in [3.05, 3.63) is 30.5 Å². The zero-order chi connectivity index (χ0) is 19.0. The van der Waals surface area contributed by atoms with Crippen molar-refractivity contribution in [2.75, 3.05) is 24.5 Å². The maximum absolute atomic E-state index is 12.5. The van der Waals surface area contributed by atoms with Crippen LogP contribution in [0.5, 0.6) is 5.75 Å². The van der Waals surface area contributed by atoms with Crippen LogP contribution in [0, 0.1) is 5.92 Å². The number of fused-ring (bicyclic) bond motifs is 1. The molecular weight excluding hydrogens is 379 g/mol. The molecule has 2 aromatic heterocycles. The molecule has 3 aromatic rings. The monoisotopic (exact) mass is 397 g/mol. The SMILES string of the molecule is NCC1CCN(c2nn3c(-c4cccc(OC(F)(F)F)c4)cnc3s2)CC1. The van der Waals surface area contributed by atoms with Crippen LogP contribution in [0.25, 0.3) is 16.2 Å². The van der Waals surface area contributed by atoms with E-state index in [9.17, 15) is 13.2 Å². The molecule has 0 bridgehead atoms. The number of ether oxygens (including phenoxy) is 1. The predicted molar refractivity (Wildman–Crippen MR) is 97.0 cm³/mol. The topological polar surface area (TPSA) is 68.7 Å². The summed E-state index contributed by atoms with van der Waals surface area (Å²) in [5, 5.41) is 5.49. The van der Waals surface area contributed by atoms with Crippen LogP contribution < -0.4 is 15.4 Å². The van der Waals surface area contributed by atoms with Gasteiger partial charge in [-0.3, -0.25) is 0 Å².